The molecule has 2 heterocycles. The summed E-state index contributed by atoms with van der Waals surface area (Å²) in [6, 6.07) is 10.8. The zero-order chi connectivity index (χ0) is 33.9. The third kappa shape index (κ3) is 8.39. The number of carbonyl (C=O) groups excluding carboxylic acids is 2. The summed E-state index contributed by atoms with van der Waals surface area (Å²) in [6.45, 7) is 7.47. The standard InChI is InChI=1S/C32H37F3N2O7S2/c1-20-27(43-18-26(38)44-31(2,3)4)29(30(39)42-5)45-28(20)21-10-8-11-24(17-21)37(23-13-15-36-16-14-23)46(40,41)19-22-9-6-7-12-25(22)32(33,34)35/h6-12,17,23,36H,13-16,18-19H2,1-5H3. The summed E-state index contributed by atoms with van der Waals surface area (Å²) in [5.74, 6) is -2.02. The molecule has 46 heavy (non-hydrogen) atoms. The van der Waals surface area contributed by atoms with Crippen LogP contribution in [0.15, 0.2) is 48.5 Å². The largest absolute Gasteiger partial charge is 0.480 e. The van der Waals surface area contributed by atoms with Crippen molar-refractivity contribution in [2.24, 2.45) is 0 Å². The van der Waals surface area contributed by atoms with E-state index in [0.29, 0.717) is 41.9 Å². The summed E-state index contributed by atoms with van der Waals surface area (Å²) >= 11 is 1.05. The molecule has 0 aliphatic carbocycles. The van der Waals surface area contributed by atoms with E-state index in [1.807, 2.05) is 0 Å². The number of sulfonamides is 1. The van der Waals surface area contributed by atoms with Gasteiger partial charge in [-0.3, -0.25) is 4.31 Å². The number of rotatable bonds is 10. The van der Waals surface area contributed by atoms with E-state index in [0.717, 1.165) is 17.4 Å². The summed E-state index contributed by atoms with van der Waals surface area (Å²) < 4.78 is 86.7. The van der Waals surface area contributed by atoms with Gasteiger partial charge in [0.2, 0.25) is 10.0 Å². The Morgan fingerprint density at radius 1 is 1.04 bits per heavy atom. The monoisotopic (exact) mass is 682 g/mol. The number of halogens is 3. The Kier molecular flexibility index (Phi) is 10.7. The number of nitrogens with zero attached hydrogens (tertiary/aromatic N) is 1. The maximum atomic E-state index is 14.0. The van der Waals surface area contributed by atoms with E-state index in [1.165, 1.54) is 29.6 Å². The van der Waals surface area contributed by atoms with Gasteiger partial charge in [0.05, 0.1) is 24.1 Å². The number of ether oxygens (including phenoxy) is 3. The second-order valence-electron chi connectivity index (χ2n) is 11.8. The van der Waals surface area contributed by atoms with Gasteiger partial charge in [0, 0.05) is 16.5 Å². The van der Waals surface area contributed by atoms with Crippen molar-refractivity contribution in [3.63, 3.8) is 0 Å². The number of methoxy groups -OCH3 is 1. The van der Waals surface area contributed by atoms with Crippen molar-refractivity contribution < 1.29 is 45.4 Å². The lowest BCUT2D eigenvalue weighted by atomic mass is 10.0. The SMILES string of the molecule is COC(=O)c1sc(-c2cccc(N(C3CCNCC3)S(=O)(=O)Cc3ccccc3C(F)(F)F)c2)c(C)c1OCC(=O)OC(C)(C)C. The van der Waals surface area contributed by atoms with E-state index in [4.69, 9.17) is 14.2 Å². The lowest BCUT2D eigenvalue weighted by Gasteiger charge is -2.36. The minimum absolute atomic E-state index is 0.107. The molecule has 0 amide bonds. The van der Waals surface area contributed by atoms with Crippen molar-refractivity contribution in [1.82, 2.24) is 5.32 Å². The number of anilines is 1. The van der Waals surface area contributed by atoms with Crippen LogP contribution in [0.2, 0.25) is 0 Å². The van der Waals surface area contributed by atoms with Crippen LogP contribution < -0.4 is 14.4 Å². The topological polar surface area (TPSA) is 111 Å². The van der Waals surface area contributed by atoms with Crippen molar-refractivity contribution in [3.8, 4) is 16.2 Å². The summed E-state index contributed by atoms with van der Waals surface area (Å²) in [7, 11) is -3.10. The Hall–Kier alpha value is -3.62. The van der Waals surface area contributed by atoms with Crippen LogP contribution in [0.3, 0.4) is 0 Å². The molecule has 0 unspecified atom stereocenters. The number of esters is 2. The van der Waals surface area contributed by atoms with Crippen LogP contribution in [0.4, 0.5) is 18.9 Å². The van der Waals surface area contributed by atoms with Crippen LogP contribution in [0.25, 0.3) is 10.4 Å². The van der Waals surface area contributed by atoms with Gasteiger partial charge in [0.1, 0.15) is 11.4 Å². The van der Waals surface area contributed by atoms with E-state index >= 15 is 0 Å². The Bertz CT molecular complexity index is 1680. The van der Waals surface area contributed by atoms with Gasteiger partial charge in [0.15, 0.2) is 11.5 Å². The van der Waals surface area contributed by atoms with E-state index in [1.54, 1.807) is 52.0 Å². The van der Waals surface area contributed by atoms with E-state index < -0.39 is 57.7 Å². The van der Waals surface area contributed by atoms with Crippen molar-refractivity contribution in [2.45, 2.75) is 64.1 Å². The molecule has 14 heteroatoms. The third-order valence-corrected chi connectivity index (χ3v) is 10.3. The number of carbonyl (C=O) groups is 2. The maximum absolute atomic E-state index is 14.0. The molecular formula is C32H37F3N2O7S2. The quantitative estimate of drug-likeness (QED) is 0.247. The molecule has 0 spiro atoms. The Morgan fingerprint density at radius 2 is 1.72 bits per heavy atom. The van der Waals surface area contributed by atoms with E-state index in [2.05, 4.69) is 5.32 Å². The second kappa shape index (κ2) is 14.0. The van der Waals surface area contributed by atoms with Crippen LogP contribution in [0.5, 0.6) is 5.75 Å². The normalized spacial score (nSPS) is 14.5. The number of piperidine rings is 1. The first kappa shape index (κ1) is 35.2. The Balaban J connectivity index is 1.75. The third-order valence-electron chi connectivity index (χ3n) is 7.18. The lowest BCUT2D eigenvalue weighted by Crippen LogP contribution is -2.46. The van der Waals surface area contributed by atoms with Crippen molar-refractivity contribution in [2.75, 3.05) is 31.1 Å². The summed E-state index contributed by atoms with van der Waals surface area (Å²) in [5.41, 5.74) is -0.744. The Labute approximate surface area is 270 Å². The molecule has 250 valence electrons. The van der Waals surface area contributed by atoms with Crippen LogP contribution >= 0.6 is 11.3 Å². The zero-order valence-electron chi connectivity index (χ0n) is 26.2. The highest BCUT2D eigenvalue weighted by molar-refractivity contribution is 7.92. The van der Waals surface area contributed by atoms with Crippen molar-refractivity contribution in [3.05, 3.63) is 70.1 Å². The van der Waals surface area contributed by atoms with Gasteiger partial charge in [-0.1, -0.05) is 30.3 Å². The fraction of sp³-hybridized carbons (Fsp3) is 0.438. The summed E-state index contributed by atoms with van der Waals surface area (Å²) in [6.07, 6.45) is -3.81. The van der Waals surface area contributed by atoms with Gasteiger partial charge in [-0.15, -0.1) is 11.3 Å². The van der Waals surface area contributed by atoms with Crippen LogP contribution in [0, 0.1) is 6.92 Å². The fourth-order valence-electron chi connectivity index (χ4n) is 5.29. The molecule has 0 radical (unpaired) electrons. The number of nitrogens with one attached hydrogen (secondary N) is 1. The van der Waals surface area contributed by atoms with Gasteiger partial charge in [-0.2, -0.15) is 13.2 Å². The average molecular weight is 683 g/mol. The first-order chi connectivity index (χ1) is 21.5. The molecule has 0 saturated carbocycles. The van der Waals surface area contributed by atoms with Gasteiger partial charge < -0.3 is 19.5 Å². The average Bonchev–Trinajstić information content (AvgIpc) is 3.30. The molecule has 0 atom stereocenters. The van der Waals surface area contributed by atoms with Crippen molar-refractivity contribution in [1.29, 1.82) is 0 Å². The lowest BCUT2D eigenvalue weighted by molar-refractivity contribution is -0.157. The molecule has 2 aromatic carbocycles. The van der Waals surface area contributed by atoms with Gasteiger partial charge in [-0.05, 0) is 83.0 Å². The molecule has 1 aliphatic rings. The van der Waals surface area contributed by atoms with E-state index in [9.17, 15) is 31.2 Å². The highest BCUT2D eigenvalue weighted by atomic mass is 32.2. The molecule has 0 bridgehead atoms. The second-order valence-corrected chi connectivity index (χ2v) is 14.7. The number of alkyl halides is 3. The Morgan fingerprint density at radius 3 is 2.35 bits per heavy atom. The summed E-state index contributed by atoms with van der Waals surface area (Å²) in [4.78, 5) is 25.7. The molecule has 1 aliphatic heterocycles. The fourth-order valence-corrected chi connectivity index (χ4v) is 8.34. The molecule has 1 N–H and O–H groups in total. The highest BCUT2D eigenvalue weighted by Crippen LogP contribution is 2.43. The van der Waals surface area contributed by atoms with Crippen LogP contribution in [-0.2, 0) is 36.2 Å². The molecule has 3 aromatic rings. The van der Waals surface area contributed by atoms with Gasteiger partial charge >= 0.3 is 18.1 Å². The molecule has 1 saturated heterocycles. The molecule has 9 nitrogen and oxygen atoms in total. The van der Waals surface area contributed by atoms with Crippen molar-refractivity contribution >= 4 is 39.0 Å². The van der Waals surface area contributed by atoms with Gasteiger partial charge in [-0.25, -0.2) is 18.0 Å². The predicted molar refractivity (Wildman–Crippen MR) is 170 cm³/mol. The number of thiophene rings is 1. The summed E-state index contributed by atoms with van der Waals surface area (Å²) in [5, 5.41) is 3.19. The van der Waals surface area contributed by atoms with Crippen LogP contribution in [-0.4, -0.2) is 58.8 Å². The number of hydrogen-bond donors (Lipinski definition) is 1. The zero-order valence-corrected chi connectivity index (χ0v) is 27.8. The minimum Gasteiger partial charge on any atom is -0.480 e. The minimum atomic E-state index is -4.72. The number of hydrogen-bond acceptors (Lipinski definition) is 9. The van der Waals surface area contributed by atoms with E-state index in [-0.39, 0.29) is 21.9 Å². The smallest absolute Gasteiger partial charge is 0.416 e. The molecule has 4 rings (SSSR count). The van der Waals surface area contributed by atoms with Crippen LogP contribution in [0.1, 0.15) is 60.0 Å². The number of benzene rings is 2. The first-order valence-corrected chi connectivity index (χ1v) is 17.0. The highest BCUT2D eigenvalue weighted by Gasteiger charge is 2.37. The molecular weight excluding hydrogens is 645 g/mol. The van der Waals surface area contributed by atoms with Gasteiger partial charge in [0.25, 0.3) is 0 Å². The maximum Gasteiger partial charge on any atom is 0.416 e. The molecule has 1 fully saturated rings. The first-order valence-electron chi connectivity index (χ1n) is 14.6. The molecule has 1 aromatic heterocycles. The predicted octanol–water partition coefficient (Wildman–Crippen LogP) is 6.34.